The van der Waals surface area contributed by atoms with Crippen molar-refractivity contribution in [2.24, 2.45) is 11.7 Å². The first kappa shape index (κ1) is 14.3. The third-order valence-corrected chi connectivity index (χ3v) is 4.63. The first-order valence-electron chi connectivity index (χ1n) is 7.85. The minimum Gasteiger partial charge on any atom is -0.391 e. The van der Waals surface area contributed by atoms with Gasteiger partial charge in [-0.3, -0.25) is 0 Å². The molecule has 2 aromatic carbocycles. The monoisotopic (exact) mass is 281 g/mol. The molecule has 1 aliphatic carbocycles. The summed E-state index contributed by atoms with van der Waals surface area (Å²) in [6.07, 6.45) is 4.22. The van der Waals surface area contributed by atoms with Crippen LogP contribution in [0.3, 0.4) is 0 Å². The average Bonchev–Trinajstić information content (AvgIpc) is 3.09. The Morgan fingerprint density at radius 3 is 2.29 bits per heavy atom. The highest BCUT2D eigenvalue weighted by Crippen LogP contribution is 2.33. The van der Waals surface area contributed by atoms with E-state index in [-0.39, 0.29) is 6.04 Å². The fourth-order valence-electron chi connectivity index (χ4n) is 3.35. The molecule has 21 heavy (non-hydrogen) atoms. The fraction of sp³-hybridized carbons (Fsp3) is 0.368. The van der Waals surface area contributed by atoms with Crippen LogP contribution in [0.5, 0.6) is 0 Å². The molecule has 3 N–H and O–H groups in total. The summed E-state index contributed by atoms with van der Waals surface area (Å²) in [5.41, 5.74) is 9.68. The summed E-state index contributed by atoms with van der Waals surface area (Å²) in [7, 11) is 0. The van der Waals surface area contributed by atoms with Gasteiger partial charge in [-0.2, -0.15) is 0 Å². The van der Waals surface area contributed by atoms with Crippen molar-refractivity contribution < 1.29 is 5.11 Å². The van der Waals surface area contributed by atoms with Crippen LogP contribution in [0.4, 0.5) is 0 Å². The molecular formula is C19H23NO. The average molecular weight is 281 g/mol. The van der Waals surface area contributed by atoms with Crippen LogP contribution < -0.4 is 5.73 Å². The zero-order chi connectivity index (χ0) is 14.7. The highest BCUT2D eigenvalue weighted by atomic mass is 16.3. The third-order valence-electron chi connectivity index (χ3n) is 4.63. The van der Waals surface area contributed by atoms with Gasteiger partial charge in [-0.25, -0.2) is 0 Å². The molecule has 1 aliphatic rings. The second-order valence-corrected chi connectivity index (χ2v) is 6.05. The Balaban J connectivity index is 1.82. The molecule has 1 fully saturated rings. The van der Waals surface area contributed by atoms with Gasteiger partial charge in [0.1, 0.15) is 0 Å². The predicted molar refractivity (Wildman–Crippen MR) is 86.8 cm³/mol. The van der Waals surface area contributed by atoms with Gasteiger partial charge >= 0.3 is 0 Å². The van der Waals surface area contributed by atoms with Crippen LogP contribution >= 0.6 is 0 Å². The molecule has 0 unspecified atom stereocenters. The van der Waals surface area contributed by atoms with Crippen LogP contribution in [0.2, 0.25) is 0 Å². The first-order chi connectivity index (χ1) is 10.3. The summed E-state index contributed by atoms with van der Waals surface area (Å²) in [5, 5.41) is 10.5. The predicted octanol–water partition coefficient (Wildman–Crippen LogP) is 3.90. The number of hydrogen-bond acceptors (Lipinski definition) is 2. The number of rotatable bonds is 4. The standard InChI is InChI=1S/C19H23NO/c20-18(19(21)15-9-4-5-10-15)17-12-6-11-16(13-17)14-7-2-1-3-8-14/h1-3,6-8,11-13,15,18-19,21H,4-5,9-10,20H2/t18-,19+/m0/s1. The minimum atomic E-state index is -0.432. The van der Waals surface area contributed by atoms with E-state index >= 15 is 0 Å². The lowest BCUT2D eigenvalue weighted by molar-refractivity contribution is 0.0845. The molecule has 0 bridgehead atoms. The molecule has 0 heterocycles. The van der Waals surface area contributed by atoms with Crippen molar-refractivity contribution in [2.45, 2.75) is 37.8 Å². The maximum atomic E-state index is 10.5. The molecule has 2 atom stereocenters. The lowest BCUT2D eigenvalue weighted by Gasteiger charge is -2.25. The van der Waals surface area contributed by atoms with Crippen LogP contribution in [0.1, 0.15) is 37.3 Å². The molecule has 0 spiro atoms. The number of aliphatic hydroxyl groups is 1. The molecule has 1 saturated carbocycles. The Hall–Kier alpha value is -1.64. The SMILES string of the molecule is N[C@@H](c1cccc(-c2ccccc2)c1)[C@H](O)C1CCCC1. The van der Waals surface area contributed by atoms with Gasteiger partial charge in [-0.05, 0) is 41.5 Å². The Kier molecular flexibility index (Phi) is 4.37. The van der Waals surface area contributed by atoms with Crippen molar-refractivity contribution in [1.82, 2.24) is 0 Å². The second-order valence-electron chi connectivity index (χ2n) is 6.05. The van der Waals surface area contributed by atoms with E-state index in [1.165, 1.54) is 18.4 Å². The van der Waals surface area contributed by atoms with Crippen molar-refractivity contribution >= 4 is 0 Å². The lowest BCUT2D eigenvalue weighted by Crippen LogP contribution is -2.31. The topological polar surface area (TPSA) is 46.2 Å². The summed E-state index contributed by atoms with van der Waals surface area (Å²) in [4.78, 5) is 0. The quantitative estimate of drug-likeness (QED) is 0.892. The first-order valence-corrected chi connectivity index (χ1v) is 7.85. The van der Waals surface area contributed by atoms with Crippen molar-refractivity contribution in [2.75, 3.05) is 0 Å². The zero-order valence-electron chi connectivity index (χ0n) is 12.3. The van der Waals surface area contributed by atoms with Crippen molar-refractivity contribution in [3.8, 4) is 11.1 Å². The Bertz CT molecular complexity index is 575. The molecule has 2 aromatic rings. The van der Waals surface area contributed by atoms with Crippen LogP contribution in [0, 0.1) is 5.92 Å². The van der Waals surface area contributed by atoms with Crippen molar-refractivity contribution in [3.63, 3.8) is 0 Å². The van der Waals surface area contributed by atoms with Crippen LogP contribution in [0.15, 0.2) is 54.6 Å². The molecule has 3 rings (SSSR count). The van der Waals surface area contributed by atoms with E-state index < -0.39 is 6.10 Å². The maximum absolute atomic E-state index is 10.5. The second kappa shape index (κ2) is 6.42. The number of hydrogen-bond donors (Lipinski definition) is 2. The van der Waals surface area contributed by atoms with E-state index in [4.69, 9.17) is 5.73 Å². The smallest absolute Gasteiger partial charge is 0.0760 e. The lowest BCUT2D eigenvalue weighted by atomic mass is 9.89. The Morgan fingerprint density at radius 1 is 0.905 bits per heavy atom. The number of nitrogens with two attached hydrogens (primary N) is 1. The van der Waals surface area contributed by atoms with Gasteiger partial charge in [-0.15, -0.1) is 0 Å². The molecular weight excluding hydrogens is 258 g/mol. The summed E-state index contributed by atoms with van der Waals surface area (Å²) in [6, 6.07) is 18.2. The van der Waals surface area contributed by atoms with E-state index in [1.807, 2.05) is 30.3 Å². The van der Waals surface area contributed by atoms with E-state index in [0.717, 1.165) is 24.0 Å². The molecule has 0 saturated heterocycles. The van der Waals surface area contributed by atoms with E-state index in [1.54, 1.807) is 0 Å². The van der Waals surface area contributed by atoms with Crippen LogP contribution in [-0.4, -0.2) is 11.2 Å². The van der Waals surface area contributed by atoms with Gasteiger partial charge in [0.05, 0.1) is 12.1 Å². The molecule has 0 aliphatic heterocycles. The van der Waals surface area contributed by atoms with Gasteiger partial charge in [-0.1, -0.05) is 61.4 Å². The summed E-state index contributed by atoms with van der Waals surface area (Å²) in [6.45, 7) is 0. The van der Waals surface area contributed by atoms with Gasteiger partial charge in [0.25, 0.3) is 0 Å². The fourth-order valence-corrected chi connectivity index (χ4v) is 3.35. The highest BCUT2D eigenvalue weighted by molar-refractivity contribution is 5.64. The van der Waals surface area contributed by atoms with Crippen molar-refractivity contribution in [1.29, 1.82) is 0 Å². The third kappa shape index (κ3) is 3.17. The number of benzene rings is 2. The maximum Gasteiger partial charge on any atom is 0.0760 e. The normalized spacial score (nSPS) is 18.6. The molecule has 0 amide bonds. The van der Waals surface area contributed by atoms with Gasteiger partial charge in [0.15, 0.2) is 0 Å². The minimum absolute atomic E-state index is 0.295. The Morgan fingerprint density at radius 2 is 1.57 bits per heavy atom. The zero-order valence-corrected chi connectivity index (χ0v) is 12.3. The molecule has 0 aromatic heterocycles. The van der Waals surface area contributed by atoms with Gasteiger partial charge < -0.3 is 10.8 Å². The molecule has 0 radical (unpaired) electrons. The molecule has 2 heteroatoms. The van der Waals surface area contributed by atoms with Crippen LogP contribution in [-0.2, 0) is 0 Å². The Labute approximate surface area is 126 Å². The van der Waals surface area contributed by atoms with E-state index in [0.29, 0.717) is 5.92 Å². The number of aliphatic hydroxyl groups excluding tert-OH is 1. The highest BCUT2D eigenvalue weighted by Gasteiger charge is 2.28. The summed E-state index contributed by atoms with van der Waals surface area (Å²) >= 11 is 0. The largest absolute Gasteiger partial charge is 0.391 e. The molecule has 110 valence electrons. The van der Waals surface area contributed by atoms with Crippen molar-refractivity contribution in [3.05, 3.63) is 60.2 Å². The summed E-state index contributed by atoms with van der Waals surface area (Å²) < 4.78 is 0. The van der Waals surface area contributed by atoms with E-state index in [9.17, 15) is 5.11 Å². The van der Waals surface area contributed by atoms with Gasteiger partial charge in [0.2, 0.25) is 0 Å². The van der Waals surface area contributed by atoms with Gasteiger partial charge in [0, 0.05) is 0 Å². The van der Waals surface area contributed by atoms with Crippen LogP contribution in [0.25, 0.3) is 11.1 Å². The molecule has 2 nitrogen and oxygen atoms in total. The summed E-state index contributed by atoms with van der Waals surface area (Å²) in [5.74, 6) is 0.361. The van der Waals surface area contributed by atoms with E-state index in [2.05, 4.69) is 24.3 Å².